The van der Waals surface area contributed by atoms with Gasteiger partial charge in [-0.2, -0.15) is 0 Å². The molecule has 0 radical (unpaired) electrons. The SMILES string of the molecule is Cc1ccc(CN2C(=O)NC3(c4ccc(C)cc4)C2=NC=Nc2nc[nH]c23)cc1. The number of hydrogen-bond acceptors (Lipinski definition) is 4. The second-order valence-corrected chi connectivity index (χ2v) is 7.42. The largest absolute Gasteiger partial charge is 0.344 e. The summed E-state index contributed by atoms with van der Waals surface area (Å²) in [7, 11) is 0. The molecule has 2 aliphatic heterocycles. The van der Waals surface area contributed by atoms with Crippen LogP contribution in [0.3, 0.4) is 0 Å². The standard InChI is InChI=1S/C22H20N6O/c1-14-3-7-16(8-4-14)11-28-20-22(27-21(28)29,17-9-5-15(2)6-10-17)18-19(24-12-23-18)25-13-26-20/h3-10,12-13H,11H2,1-2H3,(H,23,24)(H,27,29). The molecule has 1 unspecified atom stereocenters. The Hall–Kier alpha value is -3.74. The van der Waals surface area contributed by atoms with E-state index in [1.165, 1.54) is 11.9 Å². The minimum atomic E-state index is -0.974. The first-order chi connectivity index (χ1) is 14.1. The van der Waals surface area contributed by atoms with E-state index in [4.69, 9.17) is 0 Å². The number of amidine groups is 1. The highest BCUT2D eigenvalue weighted by atomic mass is 16.2. The lowest BCUT2D eigenvalue weighted by Crippen LogP contribution is -2.45. The summed E-state index contributed by atoms with van der Waals surface area (Å²) in [5.41, 5.74) is 3.97. The number of imidazole rings is 1. The maximum Gasteiger partial charge on any atom is 0.324 e. The molecule has 1 fully saturated rings. The summed E-state index contributed by atoms with van der Waals surface area (Å²) >= 11 is 0. The van der Waals surface area contributed by atoms with E-state index >= 15 is 0 Å². The third-order valence-corrected chi connectivity index (χ3v) is 5.43. The monoisotopic (exact) mass is 384 g/mol. The second-order valence-electron chi connectivity index (χ2n) is 7.42. The molecule has 3 aromatic rings. The average Bonchev–Trinajstić information content (AvgIpc) is 3.25. The fourth-order valence-electron chi connectivity index (χ4n) is 3.89. The van der Waals surface area contributed by atoms with Crippen LogP contribution >= 0.6 is 0 Å². The maximum atomic E-state index is 13.2. The lowest BCUT2D eigenvalue weighted by Gasteiger charge is -2.29. The Morgan fingerprint density at radius 1 is 1.00 bits per heavy atom. The van der Waals surface area contributed by atoms with Crippen LogP contribution in [0.25, 0.3) is 0 Å². The first kappa shape index (κ1) is 17.4. The lowest BCUT2D eigenvalue weighted by atomic mass is 9.85. The molecule has 5 rings (SSSR count). The van der Waals surface area contributed by atoms with Crippen LogP contribution in [0.15, 0.2) is 64.8 Å². The highest BCUT2D eigenvalue weighted by molar-refractivity contribution is 6.15. The van der Waals surface area contributed by atoms with Crippen LogP contribution in [0, 0.1) is 13.8 Å². The van der Waals surface area contributed by atoms with E-state index in [9.17, 15) is 4.79 Å². The van der Waals surface area contributed by atoms with E-state index in [2.05, 4.69) is 25.3 Å². The smallest absolute Gasteiger partial charge is 0.324 e. The number of urea groups is 1. The fourth-order valence-corrected chi connectivity index (χ4v) is 3.89. The predicted molar refractivity (Wildman–Crippen MR) is 111 cm³/mol. The summed E-state index contributed by atoms with van der Waals surface area (Å²) in [4.78, 5) is 31.3. The van der Waals surface area contributed by atoms with Crippen LogP contribution in [0.4, 0.5) is 10.6 Å². The average molecular weight is 384 g/mol. The summed E-state index contributed by atoms with van der Waals surface area (Å²) in [6.07, 6.45) is 3.06. The van der Waals surface area contributed by atoms with Gasteiger partial charge in [0.15, 0.2) is 17.2 Å². The molecule has 0 spiro atoms. The number of aromatic nitrogens is 2. The van der Waals surface area contributed by atoms with Crippen molar-refractivity contribution in [3.05, 3.63) is 82.8 Å². The molecule has 7 heteroatoms. The number of carbonyl (C=O) groups excluding carboxylic acids is 1. The quantitative estimate of drug-likeness (QED) is 0.723. The van der Waals surface area contributed by atoms with Crippen LogP contribution in [-0.2, 0) is 12.1 Å². The van der Waals surface area contributed by atoms with Crippen molar-refractivity contribution < 1.29 is 4.79 Å². The zero-order chi connectivity index (χ0) is 20.0. The van der Waals surface area contributed by atoms with Crippen LogP contribution in [0.2, 0.25) is 0 Å². The molecular weight excluding hydrogens is 364 g/mol. The number of H-pyrrole nitrogens is 1. The highest BCUT2D eigenvalue weighted by Crippen LogP contribution is 2.41. The summed E-state index contributed by atoms with van der Waals surface area (Å²) in [6, 6.07) is 16.0. The Bertz CT molecular complexity index is 1140. The van der Waals surface area contributed by atoms with Crippen molar-refractivity contribution in [2.75, 3.05) is 0 Å². The number of fused-ring (bicyclic) bond motifs is 3. The lowest BCUT2D eigenvalue weighted by molar-refractivity contribution is 0.225. The Kier molecular flexibility index (Phi) is 3.84. The number of aliphatic imine (C=N–C) groups is 2. The molecule has 7 nitrogen and oxygen atoms in total. The van der Waals surface area contributed by atoms with Crippen molar-refractivity contribution in [3.8, 4) is 0 Å². The van der Waals surface area contributed by atoms with E-state index in [1.807, 2.05) is 62.4 Å². The van der Waals surface area contributed by atoms with Gasteiger partial charge in [0.25, 0.3) is 0 Å². The normalized spacial score (nSPS) is 20.0. The number of aromatic amines is 1. The van der Waals surface area contributed by atoms with Gasteiger partial charge in [0, 0.05) is 0 Å². The Labute approximate surface area is 168 Å². The molecule has 2 amide bonds. The molecule has 2 aliphatic rings. The minimum Gasteiger partial charge on any atom is -0.344 e. The van der Waals surface area contributed by atoms with E-state index in [-0.39, 0.29) is 6.03 Å². The number of nitrogens with zero attached hydrogens (tertiary/aromatic N) is 4. The van der Waals surface area contributed by atoms with E-state index in [1.54, 1.807) is 11.2 Å². The number of amides is 2. The number of carbonyl (C=O) groups is 1. The minimum absolute atomic E-state index is 0.208. The van der Waals surface area contributed by atoms with Gasteiger partial charge in [0.05, 0.1) is 18.6 Å². The third kappa shape index (κ3) is 2.66. The van der Waals surface area contributed by atoms with Gasteiger partial charge < -0.3 is 10.3 Å². The third-order valence-electron chi connectivity index (χ3n) is 5.43. The van der Waals surface area contributed by atoms with Gasteiger partial charge in [-0.15, -0.1) is 0 Å². The van der Waals surface area contributed by atoms with Gasteiger partial charge in [-0.1, -0.05) is 59.7 Å². The van der Waals surface area contributed by atoms with Gasteiger partial charge in [-0.25, -0.2) is 19.8 Å². The van der Waals surface area contributed by atoms with Crippen LogP contribution < -0.4 is 5.32 Å². The molecule has 29 heavy (non-hydrogen) atoms. The summed E-state index contributed by atoms with van der Waals surface area (Å²) in [6.45, 7) is 4.49. The van der Waals surface area contributed by atoms with E-state index in [0.717, 1.165) is 16.7 Å². The molecule has 1 aromatic heterocycles. The summed E-state index contributed by atoms with van der Waals surface area (Å²) < 4.78 is 0. The van der Waals surface area contributed by atoms with Crippen molar-refractivity contribution >= 4 is 24.0 Å². The van der Waals surface area contributed by atoms with Gasteiger partial charge >= 0.3 is 6.03 Å². The fraction of sp³-hybridized carbons (Fsp3) is 0.182. The Morgan fingerprint density at radius 2 is 1.69 bits per heavy atom. The molecule has 3 heterocycles. The topological polar surface area (TPSA) is 85.7 Å². The van der Waals surface area contributed by atoms with Gasteiger partial charge in [0.2, 0.25) is 0 Å². The zero-order valence-electron chi connectivity index (χ0n) is 16.2. The number of rotatable bonds is 3. The van der Waals surface area contributed by atoms with Gasteiger partial charge in [-0.05, 0) is 25.0 Å². The predicted octanol–water partition coefficient (Wildman–Crippen LogP) is 3.57. The number of nitrogens with one attached hydrogen (secondary N) is 2. The molecule has 144 valence electrons. The summed E-state index contributed by atoms with van der Waals surface area (Å²) in [5.74, 6) is 1.10. The first-order valence-corrected chi connectivity index (χ1v) is 9.45. The van der Waals surface area contributed by atoms with Crippen molar-refractivity contribution in [3.63, 3.8) is 0 Å². The zero-order valence-corrected chi connectivity index (χ0v) is 16.2. The van der Waals surface area contributed by atoms with E-state index in [0.29, 0.717) is 23.9 Å². The molecule has 1 atom stereocenters. The first-order valence-electron chi connectivity index (χ1n) is 9.45. The second kappa shape index (κ2) is 6.41. The van der Waals surface area contributed by atoms with Crippen LogP contribution in [0.5, 0.6) is 0 Å². The maximum absolute atomic E-state index is 13.2. The van der Waals surface area contributed by atoms with Crippen molar-refractivity contribution in [2.45, 2.75) is 25.9 Å². The number of hydrogen-bond donors (Lipinski definition) is 2. The number of aryl methyl sites for hydroxylation is 2. The molecule has 2 aromatic carbocycles. The van der Waals surface area contributed by atoms with Crippen LogP contribution in [0.1, 0.15) is 27.9 Å². The Morgan fingerprint density at radius 3 is 2.41 bits per heavy atom. The van der Waals surface area contributed by atoms with Crippen molar-refractivity contribution in [1.82, 2.24) is 20.2 Å². The molecule has 0 aliphatic carbocycles. The van der Waals surface area contributed by atoms with Crippen LogP contribution in [-0.4, -0.2) is 33.1 Å². The van der Waals surface area contributed by atoms with Crippen molar-refractivity contribution in [2.24, 2.45) is 9.98 Å². The summed E-state index contributed by atoms with van der Waals surface area (Å²) in [5, 5.41) is 3.17. The molecule has 1 saturated heterocycles. The van der Waals surface area contributed by atoms with Crippen molar-refractivity contribution in [1.29, 1.82) is 0 Å². The molecule has 2 N–H and O–H groups in total. The molecule has 0 saturated carbocycles. The molecule has 0 bridgehead atoms. The molecular formula is C22H20N6O. The van der Waals surface area contributed by atoms with Gasteiger partial charge in [0.1, 0.15) is 6.34 Å². The highest BCUT2D eigenvalue weighted by Gasteiger charge is 2.54. The van der Waals surface area contributed by atoms with Gasteiger partial charge in [-0.3, -0.25) is 4.90 Å². The number of benzene rings is 2. The van der Waals surface area contributed by atoms with E-state index < -0.39 is 5.54 Å². The Balaban J connectivity index is 1.66.